The normalized spacial score (nSPS) is 14.7. The van der Waals surface area contributed by atoms with E-state index in [1.54, 1.807) is 36.7 Å². The minimum atomic E-state index is -0.426. The van der Waals surface area contributed by atoms with Gasteiger partial charge in [0, 0.05) is 25.4 Å². The maximum atomic E-state index is 12.2. The first-order valence-corrected chi connectivity index (χ1v) is 6.30. The number of hydrogen-bond acceptors (Lipinski definition) is 5. The predicted molar refractivity (Wildman–Crippen MR) is 74.9 cm³/mol. The molecule has 1 aliphatic heterocycles. The van der Waals surface area contributed by atoms with Crippen molar-refractivity contribution in [3.63, 3.8) is 0 Å². The van der Waals surface area contributed by atoms with Crippen LogP contribution in [0.2, 0.25) is 0 Å². The third kappa shape index (κ3) is 2.67. The molecule has 0 unspecified atom stereocenters. The van der Waals surface area contributed by atoms with Crippen LogP contribution in [0.4, 0.5) is 0 Å². The Morgan fingerprint density at radius 3 is 2.90 bits per heavy atom. The smallest absolute Gasteiger partial charge is 0.308 e. The summed E-state index contributed by atoms with van der Waals surface area (Å²) in [6.45, 7) is 1.31. The van der Waals surface area contributed by atoms with Crippen LogP contribution in [0, 0.1) is 0 Å². The molecule has 0 amide bonds. The topological polar surface area (TPSA) is 65.5 Å². The molecule has 0 atom stereocenters. The fourth-order valence-electron chi connectivity index (χ4n) is 2.01. The maximum absolute atomic E-state index is 12.2. The third-order valence-corrected chi connectivity index (χ3v) is 2.89. The summed E-state index contributed by atoms with van der Waals surface area (Å²) in [6, 6.07) is 8.27. The zero-order valence-corrected chi connectivity index (χ0v) is 11.2. The van der Waals surface area contributed by atoms with Gasteiger partial charge in [-0.1, -0.05) is 6.07 Å². The number of benzene rings is 1. The highest BCUT2D eigenvalue weighted by atomic mass is 16.5. The first-order chi connectivity index (χ1) is 10.1. The van der Waals surface area contributed by atoms with Gasteiger partial charge in [-0.2, -0.15) is 0 Å². The van der Waals surface area contributed by atoms with Gasteiger partial charge in [-0.05, 0) is 29.8 Å². The van der Waals surface area contributed by atoms with Crippen molar-refractivity contribution in [2.45, 2.75) is 6.92 Å². The molecular formula is C16H11NO4. The van der Waals surface area contributed by atoms with Crippen LogP contribution in [0.3, 0.4) is 0 Å². The van der Waals surface area contributed by atoms with Gasteiger partial charge in [-0.3, -0.25) is 14.6 Å². The molecule has 0 saturated heterocycles. The van der Waals surface area contributed by atoms with Gasteiger partial charge in [0.25, 0.3) is 0 Å². The second-order valence-electron chi connectivity index (χ2n) is 4.48. The lowest BCUT2D eigenvalue weighted by atomic mass is 10.1. The Labute approximate surface area is 120 Å². The minimum absolute atomic E-state index is 0.205. The molecule has 1 aliphatic rings. The number of nitrogens with zero attached hydrogens (tertiary/aromatic N) is 1. The fourth-order valence-corrected chi connectivity index (χ4v) is 2.01. The summed E-state index contributed by atoms with van der Waals surface area (Å²) >= 11 is 0. The van der Waals surface area contributed by atoms with E-state index in [4.69, 9.17) is 9.47 Å². The van der Waals surface area contributed by atoms with Crippen molar-refractivity contribution in [2.75, 3.05) is 0 Å². The van der Waals surface area contributed by atoms with Gasteiger partial charge in [0.05, 0.1) is 5.56 Å². The maximum Gasteiger partial charge on any atom is 0.308 e. The molecule has 1 aromatic heterocycles. The molecule has 2 heterocycles. The van der Waals surface area contributed by atoms with Crippen molar-refractivity contribution in [1.29, 1.82) is 0 Å². The Kier molecular flexibility index (Phi) is 3.23. The number of ether oxygens (including phenoxy) is 2. The molecule has 21 heavy (non-hydrogen) atoms. The van der Waals surface area contributed by atoms with Crippen LogP contribution < -0.4 is 9.47 Å². The number of ketones is 1. The zero-order valence-electron chi connectivity index (χ0n) is 11.2. The molecule has 5 heteroatoms. The highest BCUT2D eigenvalue weighted by Gasteiger charge is 2.27. The second-order valence-corrected chi connectivity index (χ2v) is 4.48. The summed E-state index contributed by atoms with van der Waals surface area (Å²) < 4.78 is 10.5. The third-order valence-electron chi connectivity index (χ3n) is 2.89. The van der Waals surface area contributed by atoms with Gasteiger partial charge in [-0.25, -0.2) is 0 Å². The monoisotopic (exact) mass is 281 g/mol. The lowest BCUT2D eigenvalue weighted by Gasteiger charge is -2.02. The Balaban J connectivity index is 1.91. The number of hydrogen-bond donors (Lipinski definition) is 0. The zero-order chi connectivity index (χ0) is 14.8. The molecule has 0 spiro atoms. The largest absolute Gasteiger partial charge is 0.452 e. The molecule has 0 N–H and O–H groups in total. The van der Waals surface area contributed by atoms with Crippen molar-refractivity contribution in [3.8, 4) is 11.5 Å². The number of carbonyl (C=O) groups is 2. The number of Topliss-reactive ketones (excluding diaryl/α,β-unsaturated/α-hetero) is 1. The molecule has 5 nitrogen and oxygen atoms in total. The molecule has 2 aromatic rings. The predicted octanol–water partition coefficient (Wildman–Crippen LogP) is 2.62. The average Bonchev–Trinajstić information content (AvgIpc) is 2.75. The average molecular weight is 281 g/mol. The van der Waals surface area contributed by atoms with Crippen LogP contribution in [-0.4, -0.2) is 16.7 Å². The van der Waals surface area contributed by atoms with E-state index in [0.717, 1.165) is 5.56 Å². The summed E-state index contributed by atoms with van der Waals surface area (Å²) in [6.07, 6.45) is 4.91. The lowest BCUT2D eigenvalue weighted by molar-refractivity contribution is -0.131. The van der Waals surface area contributed by atoms with Crippen molar-refractivity contribution in [3.05, 3.63) is 59.6 Å². The van der Waals surface area contributed by atoms with Crippen LogP contribution in [0.15, 0.2) is 48.5 Å². The Bertz CT molecular complexity index is 750. The van der Waals surface area contributed by atoms with Crippen LogP contribution in [-0.2, 0) is 4.79 Å². The van der Waals surface area contributed by atoms with Crippen LogP contribution in [0.25, 0.3) is 6.08 Å². The first kappa shape index (κ1) is 13.1. The number of allylic oxidation sites excluding steroid dienone is 1. The van der Waals surface area contributed by atoms with Gasteiger partial charge in [0.15, 0.2) is 5.76 Å². The van der Waals surface area contributed by atoms with E-state index in [9.17, 15) is 9.59 Å². The van der Waals surface area contributed by atoms with Gasteiger partial charge in [0.2, 0.25) is 5.78 Å². The van der Waals surface area contributed by atoms with E-state index in [-0.39, 0.29) is 11.5 Å². The molecule has 0 fully saturated rings. The Morgan fingerprint density at radius 1 is 1.33 bits per heavy atom. The van der Waals surface area contributed by atoms with E-state index in [1.165, 1.54) is 13.0 Å². The van der Waals surface area contributed by atoms with Crippen LogP contribution in [0.1, 0.15) is 22.8 Å². The van der Waals surface area contributed by atoms with Gasteiger partial charge in [-0.15, -0.1) is 0 Å². The Morgan fingerprint density at radius 2 is 2.19 bits per heavy atom. The molecule has 0 aliphatic carbocycles. The van der Waals surface area contributed by atoms with Gasteiger partial charge in [0.1, 0.15) is 11.5 Å². The molecule has 3 rings (SSSR count). The number of fused-ring (bicyclic) bond motifs is 1. The molecule has 104 valence electrons. The highest BCUT2D eigenvalue weighted by molar-refractivity contribution is 6.14. The number of rotatable bonds is 2. The lowest BCUT2D eigenvalue weighted by Crippen LogP contribution is -2.01. The standard InChI is InChI=1S/C16H11NO4/c1-10(18)20-12-4-5-13-14(8-12)21-15(16(13)19)7-11-3-2-6-17-9-11/h2-9H,1H3. The summed E-state index contributed by atoms with van der Waals surface area (Å²) in [5, 5.41) is 0. The van der Waals surface area contributed by atoms with E-state index in [0.29, 0.717) is 17.1 Å². The molecule has 0 saturated carbocycles. The summed E-state index contributed by atoms with van der Waals surface area (Å²) in [7, 11) is 0. The van der Waals surface area contributed by atoms with E-state index in [2.05, 4.69) is 4.98 Å². The van der Waals surface area contributed by atoms with Gasteiger partial charge < -0.3 is 9.47 Å². The van der Waals surface area contributed by atoms with Crippen molar-refractivity contribution in [1.82, 2.24) is 4.98 Å². The summed E-state index contributed by atoms with van der Waals surface area (Å²) in [4.78, 5) is 27.1. The van der Waals surface area contributed by atoms with Crippen molar-refractivity contribution < 1.29 is 19.1 Å². The van der Waals surface area contributed by atoms with Crippen molar-refractivity contribution in [2.24, 2.45) is 0 Å². The molecule has 1 aromatic carbocycles. The minimum Gasteiger partial charge on any atom is -0.452 e. The number of aromatic nitrogens is 1. The first-order valence-electron chi connectivity index (χ1n) is 6.30. The van der Waals surface area contributed by atoms with E-state index >= 15 is 0 Å². The number of esters is 1. The molecule has 0 bridgehead atoms. The number of pyridine rings is 1. The van der Waals surface area contributed by atoms with Crippen LogP contribution in [0.5, 0.6) is 11.5 Å². The number of carbonyl (C=O) groups excluding carboxylic acids is 2. The summed E-state index contributed by atoms with van der Waals surface area (Å²) in [5.74, 6) is 0.317. The second kappa shape index (κ2) is 5.20. The SMILES string of the molecule is CC(=O)Oc1ccc2c(c1)OC(=Cc1cccnc1)C2=O. The fraction of sp³-hybridized carbons (Fsp3) is 0.0625. The quantitative estimate of drug-likeness (QED) is 0.481. The highest BCUT2D eigenvalue weighted by Crippen LogP contribution is 2.34. The van der Waals surface area contributed by atoms with Gasteiger partial charge >= 0.3 is 5.97 Å². The van der Waals surface area contributed by atoms with E-state index in [1.807, 2.05) is 6.07 Å². The summed E-state index contributed by atoms with van der Waals surface area (Å²) in [5.41, 5.74) is 1.22. The Hall–Kier alpha value is -2.95. The molecule has 0 radical (unpaired) electrons. The van der Waals surface area contributed by atoms with Crippen LogP contribution >= 0.6 is 0 Å². The van der Waals surface area contributed by atoms with E-state index < -0.39 is 5.97 Å². The van der Waals surface area contributed by atoms with Crippen molar-refractivity contribution >= 4 is 17.8 Å². The molecular weight excluding hydrogens is 270 g/mol.